The first kappa shape index (κ1) is 23.9. The Morgan fingerprint density at radius 1 is 1.26 bits per heavy atom. The van der Waals surface area contributed by atoms with Crippen LogP contribution in [-0.2, 0) is 0 Å². The van der Waals surface area contributed by atoms with E-state index in [1.165, 1.54) is 0 Å². The summed E-state index contributed by atoms with van der Waals surface area (Å²) in [6, 6.07) is 14.3. The normalized spacial score (nSPS) is 11.7. The van der Waals surface area contributed by atoms with E-state index in [2.05, 4.69) is 21.3 Å². The summed E-state index contributed by atoms with van der Waals surface area (Å²) in [6.07, 6.45) is 3.79. The highest BCUT2D eigenvalue weighted by molar-refractivity contribution is 5.96. The van der Waals surface area contributed by atoms with E-state index < -0.39 is 6.04 Å². The molecule has 0 fully saturated rings. The third-order valence-corrected chi connectivity index (χ3v) is 6.10. The molecule has 2 aromatic heterocycles. The number of aryl methyl sites for hydroxylation is 1. The minimum absolute atomic E-state index is 0.0931. The van der Waals surface area contributed by atoms with Crippen LogP contribution in [0.2, 0.25) is 0 Å². The Hall–Kier alpha value is -4.22. The lowest BCUT2D eigenvalue weighted by Gasteiger charge is -2.29. The van der Waals surface area contributed by atoms with Crippen molar-refractivity contribution in [2.24, 2.45) is 0 Å². The monoisotopic (exact) mass is 469 g/mol. The van der Waals surface area contributed by atoms with Crippen molar-refractivity contribution in [3.63, 3.8) is 0 Å². The van der Waals surface area contributed by atoms with Gasteiger partial charge in [0.2, 0.25) is 0 Å². The van der Waals surface area contributed by atoms with Crippen molar-refractivity contribution in [2.45, 2.75) is 26.3 Å². The molecule has 8 nitrogen and oxygen atoms in total. The third-order valence-electron chi connectivity index (χ3n) is 6.10. The van der Waals surface area contributed by atoms with Crippen LogP contribution in [0.1, 0.15) is 46.6 Å². The van der Waals surface area contributed by atoms with Crippen molar-refractivity contribution < 1.29 is 14.6 Å². The molecule has 178 valence electrons. The van der Waals surface area contributed by atoms with Gasteiger partial charge in [-0.05, 0) is 56.2 Å². The van der Waals surface area contributed by atoms with E-state index in [0.29, 0.717) is 29.9 Å². The number of aliphatic hydroxyl groups excluding tert-OH is 1. The number of nitriles is 1. The van der Waals surface area contributed by atoms with Crippen molar-refractivity contribution >= 4 is 16.8 Å². The first-order valence-corrected chi connectivity index (χ1v) is 11.4. The van der Waals surface area contributed by atoms with Crippen LogP contribution in [0.4, 0.5) is 0 Å². The van der Waals surface area contributed by atoms with Crippen molar-refractivity contribution in [1.82, 2.24) is 20.1 Å². The summed E-state index contributed by atoms with van der Waals surface area (Å²) in [7, 11) is 1.72. The number of aliphatic hydroxyl groups is 1. The number of rotatable bonds is 8. The molecule has 0 aliphatic heterocycles. The Labute approximate surface area is 203 Å². The molecule has 0 bridgehead atoms. The van der Waals surface area contributed by atoms with E-state index in [9.17, 15) is 15.2 Å². The van der Waals surface area contributed by atoms with Crippen LogP contribution in [0.5, 0.6) is 5.75 Å². The zero-order valence-electron chi connectivity index (χ0n) is 19.9. The number of nitrogens with one attached hydrogen (secondary N) is 1. The van der Waals surface area contributed by atoms with E-state index in [-0.39, 0.29) is 12.5 Å². The number of aromatic nitrogens is 3. The molecule has 0 saturated carbocycles. The molecule has 35 heavy (non-hydrogen) atoms. The lowest BCUT2D eigenvalue weighted by atomic mass is 9.98. The fourth-order valence-corrected chi connectivity index (χ4v) is 4.28. The Kier molecular flexibility index (Phi) is 7.09. The third kappa shape index (κ3) is 4.72. The van der Waals surface area contributed by atoms with Gasteiger partial charge < -0.3 is 14.7 Å². The predicted octanol–water partition coefficient (Wildman–Crippen LogP) is 4.40. The number of carbonyl (C=O) groups excluding carboxylic acids is 1. The minimum Gasteiger partial charge on any atom is -0.493 e. The lowest BCUT2D eigenvalue weighted by molar-refractivity contribution is 0.0705. The number of pyridine rings is 1. The quantitative estimate of drug-likeness (QED) is 0.395. The molecule has 0 radical (unpaired) electrons. The number of hydrogen-bond acceptors (Lipinski definition) is 6. The van der Waals surface area contributed by atoms with Gasteiger partial charge in [-0.25, -0.2) is 0 Å². The van der Waals surface area contributed by atoms with Crippen LogP contribution < -0.4 is 4.74 Å². The fraction of sp³-hybridized carbons (Fsp3) is 0.259. The van der Waals surface area contributed by atoms with Crippen molar-refractivity contribution in [3.8, 4) is 22.9 Å². The highest BCUT2D eigenvalue weighted by Gasteiger charge is 2.26. The maximum atomic E-state index is 13.6. The topological polar surface area (TPSA) is 115 Å². The molecule has 0 saturated heterocycles. The van der Waals surface area contributed by atoms with Crippen molar-refractivity contribution in [2.75, 3.05) is 20.3 Å². The van der Waals surface area contributed by atoms with Gasteiger partial charge in [0.1, 0.15) is 5.75 Å². The smallest absolute Gasteiger partial charge is 0.254 e. The second kappa shape index (κ2) is 10.4. The van der Waals surface area contributed by atoms with E-state index in [1.54, 1.807) is 48.6 Å². The van der Waals surface area contributed by atoms with Crippen molar-refractivity contribution in [1.29, 1.82) is 5.26 Å². The molecule has 2 N–H and O–H groups in total. The van der Waals surface area contributed by atoms with Gasteiger partial charge in [-0.3, -0.25) is 14.9 Å². The number of nitrogens with zero attached hydrogens (tertiary/aromatic N) is 4. The van der Waals surface area contributed by atoms with Crippen LogP contribution in [0.15, 0.2) is 54.9 Å². The number of benzene rings is 2. The van der Waals surface area contributed by atoms with Crippen LogP contribution in [0, 0.1) is 18.3 Å². The maximum Gasteiger partial charge on any atom is 0.254 e. The van der Waals surface area contributed by atoms with E-state index in [0.717, 1.165) is 33.3 Å². The Bertz CT molecular complexity index is 1410. The fourth-order valence-electron chi connectivity index (χ4n) is 4.28. The van der Waals surface area contributed by atoms with Crippen LogP contribution in [-0.4, -0.2) is 51.4 Å². The number of aromatic amines is 1. The summed E-state index contributed by atoms with van der Waals surface area (Å²) < 4.78 is 5.87. The molecular weight excluding hydrogens is 442 g/mol. The molecule has 4 aromatic rings. The largest absolute Gasteiger partial charge is 0.493 e. The number of amides is 1. The average molecular weight is 470 g/mol. The molecule has 1 atom stereocenters. The summed E-state index contributed by atoms with van der Waals surface area (Å²) in [6.45, 7) is 4.12. The molecule has 1 amide bonds. The van der Waals surface area contributed by atoms with Gasteiger partial charge in [0.05, 0.1) is 36.0 Å². The van der Waals surface area contributed by atoms with Crippen molar-refractivity contribution in [3.05, 3.63) is 77.2 Å². The second-order valence-corrected chi connectivity index (χ2v) is 8.24. The zero-order chi connectivity index (χ0) is 24.9. The van der Waals surface area contributed by atoms with Gasteiger partial charge in [0.15, 0.2) is 0 Å². The number of fused-ring (bicyclic) bond motifs is 1. The van der Waals surface area contributed by atoms with Gasteiger partial charge in [-0.1, -0.05) is 12.1 Å². The maximum absolute atomic E-state index is 13.6. The Morgan fingerprint density at radius 3 is 2.83 bits per heavy atom. The minimum atomic E-state index is -0.411. The molecular formula is C27H27N5O3. The van der Waals surface area contributed by atoms with Gasteiger partial charge in [0.25, 0.3) is 5.91 Å². The summed E-state index contributed by atoms with van der Waals surface area (Å²) in [5.41, 5.74) is 5.09. The summed E-state index contributed by atoms with van der Waals surface area (Å²) in [5, 5.41) is 27.1. The van der Waals surface area contributed by atoms with Crippen LogP contribution >= 0.6 is 0 Å². The summed E-state index contributed by atoms with van der Waals surface area (Å²) in [5.74, 6) is 0.350. The average Bonchev–Trinajstić information content (AvgIpc) is 3.38. The standard InChI is InChI=1S/C27H27N5O3/c1-4-35-25-13-20(8-9-21(25)19-7-5-6-18(12-19)14-28)27(34)32(3)24(10-11-33)23-15-29-17(2)22-16-30-31-26(22)23/h5-9,12-13,15-16,24,33H,4,10-11H2,1-3H3,(H,30,31)/t24-/m0/s1. The molecule has 0 aliphatic carbocycles. The number of carbonyl (C=O) groups is 1. The second-order valence-electron chi connectivity index (χ2n) is 8.24. The molecule has 2 aromatic carbocycles. The van der Waals surface area contributed by atoms with Gasteiger partial charge in [0, 0.05) is 47.6 Å². The molecule has 2 heterocycles. The molecule has 0 unspecified atom stereocenters. The Morgan fingerprint density at radius 2 is 2.09 bits per heavy atom. The van der Waals surface area contributed by atoms with Gasteiger partial charge in [-0.15, -0.1) is 0 Å². The van der Waals surface area contributed by atoms with Crippen LogP contribution in [0.3, 0.4) is 0 Å². The first-order valence-electron chi connectivity index (χ1n) is 11.4. The zero-order valence-corrected chi connectivity index (χ0v) is 19.9. The molecule has 0 spiro atoms. The van der Waals surface area contributed by atoms with Gasteiger partial charge >= 0.3 is 0 Å². The highest BCUT2D eigenvalue weighted by Crippen LogP contribution is 2.34. The summed E-state index contributed by atoms with van der Waals surface area (Å²) in [4.78, 5) is 19.7. The number of ether oxygens (including phenoxy) is 1. The lowest BCUT2D eigenvalue weighted by Crippen LogP contribution is -2.32. The predicted molar refractivity (Wildman–Crippen MR) is 133 cm³/mol. The number of hydrogen-bond donors (Lipinski definition) is 2. The van der Waals surface area contributed by atoms with E-state index in [4.69, 9.17) is 4.74 Å². The Balaban J connectivity index is 1.71. The first-order chi connectivity index (χ1) is 17.0. The SMILES string of the molecule is CCOc1cc(C(=O)N(C)[C@@H](CCO)c2cnc(C)c3cn[nH]c23)ccc1-c1cccc(C#N)c1. The highest BCUT2D eigenvalue weighted by atomic mass is 16.5. The van der Waals surface area contributed by atoms with E-state index in [1.807, 2.05) is 32.0 Å². The van der Waals surface area contributed by atoms with Gasteiger partial charge in [-0.2, -0.15) is 10.4 Å². The van der Waals surface area contributed by atoms with E-state index >= 15 is 0 Å². The molecule has 4 rings (SSSR count). The number of H-pyrrole nitrogens is 1. The summed E-state index contributed by atoms with van der Waals surface area (Å²) >= 11 is 0. The molecule has 0 aliphatic rings. The van der Waals surface area contributed by atoms with Crippen LogP contribution in [0.25, 0.3) is 22.0 Å². The molecule has 8 heteroatoms.